The summed E-state index contributed by atoms with van der Waals surface area (Å²) in [7, 11) is -8.38. The molecule has 21 heavy (non-hydrogen) atoms. The molecule has 0 unspecified atom stereocenters. The molecule has 0 aromatic heterocycles. The Morgan fingerprint density at radius 3 is 2.10 bits per heavy atom. The zero-order valence-corrected chi connectivity index (χ0v) is 13.6. The normalized spacial score (nSPS) is 14.3. The Morgan fingerprint density at radius 1 is 1.10 bits per heavy atom. The minimum absolute atomic E-state index is 0.208. The fourth-order valence-corrected chi connectivity index (χ4v) is 4.91. The van der Waals surface area contributed by atoms with E-state index >= 15 is 0 Å². The zero-order chi connectivity index (χ0) is 16.5. The third kappa shape index (κ3) is 4.52. The molecule has 0 atom stereocenters. The van der Waals surface area contributed by atoms with Crippen LogP contribution in [-0.2, 0) is 13.7 Å². The number of hydrogen-bond acceptors (Lipinski definition) is 4. The highest BCUT2D eigenvalue weighted by molar-refractivity contribution is 8.32. The van der Waals surface area contributed by atoms with Crippen LogP contribution < -0.4 is 4.74 Å². The molecule has 0 heterocycles. The van der Waals surface area contributed by atoms with E-state index in [2.05, 4.69) is 3.63 Å². The molecular formula is C12H17F3O4S2. The summed E-state index contributed by atoms with van der Waals surface area (Å²) < 4.78 is 69.7. The summed E-state index contributed by atoms with van der Waals surface area (Å²) in [5.41, 5.74) is -5.45. The van der Waals surface area contributed by atoms with Gasteiger partial charge in [-0.3, -0.25) is 0 Å². The summed E-state index contributed by atoms with van der Waals surface area (Å²) in [6.07, 6.45) is 2.43. The SMILES string of the molecule is CC(C)Oc1ccccc1S(C)(C)OS(=O)(=O)C(F)(F)F. The average Bonchev–Trinajstić information content (AvgIpc) is 2.25. The van der Waals surface area contributed by atoms with Crippen molar-refractivity contribution in [3.8, 4) is 5.75 Å². The van der Waals surface area contributed by atoms with Crippen LogP contribution in [0.25, 0.3) is 0 Å². The van der Waals surface area contributed by atoms with E-state index in [1.165, 1.54) is 18.6 Å². The van der Waals surface area contributed by atoms with Gasteiger partial charge in [-0.05, 0) is 38.5 Å². The molecule has 0 N–H and O–H groups in total. The lowest BCUT2D eigenvalue weighted by molar-refractivity contribution is -0.0496. The van der Waals surface area contributed by atoms with Crippen molar-refractivity contribution in [2.45, 2.75) is 30.4 Å². The summed E-state index contributed by atoms with van der Waals surface area (Å²) in [6.45, 7) is 3.51. The lowest BCUT2D eigenvalue weighted by Crippen LogP contribution is -2.26. The molecule has 0 fully saturated rings. The van der Waals surface area contributed by atoms with Gasteiger partial charge in [0.25, 0.3) is 0 Å². The van der Waals surface area contributed by atoms with E-state index in [-0.39, 0.29) is 6.10 Å². The Kier molecular flexibility index (Phi) is 5.22. The molecule has 0 amide bonds. The molecule has 0 aliphatic rings. The van der Waals surface area contributed by atoms with Gasteiger partial charge in [-0.15, -0.1) is 0 Å². The first-order chi connectivity index (χ1) is 9.37. The van der Waals surface area contributed by atoms with E-state index in [9.17, 15) is 21.6 Å². The standard InChI is InChI=1S/C12H17F3O4S2/c1-9(2)18-10-7-5-6-8-11(10)20(3,4)19-21(16,17)12(13,14)15/h5-9H,1-4H3. The number of halogens is 3. The second-order valence-electron chi connectivity index (χ2n) is 4.81. The first kappa shape index (κ1) is 18.1. The summed E-state index contributed by atoms with van der Waals surface area (Å²) in [4.78, 5) is 0.298. The number of rotatable bonds is 5. The van der Waals surface area contributed by atoms with E-state index in [4.69, 9.17) is 4.74 Å². The molecular weight excluding hydrogens is 329 g/mol. The average molecular weight is 346 g/mol. The van der Waals surface area contributed by atoms with Gasteiger partial charge >= 0.3 is 15.6 Å². The molecule has 122 valence electrons. The minimum atomic E-state index is -5.67. The van der Waals surface area contributed by atoms with Crippen LogP contribution in [0.1, 0.15) is 13.8 Å². The van der Waals surface area contributed by atoms with E-state index in [1.54, 1.807) is 32.0 Å². The topological polar surface area (TPSA) is 52.6 Å². The fraction of sp³-hybridized carbons (Fsp3) is 0.500. The van der Waals surface area contributed by atoms with Gasteiger partial charge in [-0.2, -0.15) is 21.6 Å². The van der Waals surface area contributed by atoms with Gasteiger partial charge in [0.15, 0.2) is 0 Å². The Balaban J connectivity index is 3.20. The fourth-order valence-electron chi connectivity index (χ4n) is 1.51. The molecule has 0 radical (unpaired) electrons. The molecule has 0 spiro atoms. The van der Waals surface area contributed by atoms with Crippen LogP contribution in [-0.4, -0.2) is 32.5 Å². The van der Waals surface area contributed by atoms with Crippen molar-refractivity contribution in [2.24, 2.45) is 0 Å². The first-order valence-electron chi connectivity index (χ1n) is 5.88. The number of benzene rings is 1. The highest BCUT2D eigenvalue weighted by atomic mass is 32.3. The van der Waals surface area contributed by atoms with Crippen LogP contribution in [0.5, 0.6) is 5.75 Å². The van der Waals surface area contributed by atoms with Gasteiger partial charge in [-0.1, -0.05) is 22.4 Å². The highest BCUT2D eigenvalue weighted by Crippen LogP contribution is 2.56. The van der Waals surface area contributed by atoms with Gasteiger partial charge in [0.05, 0.1) is 11.0 Å². The van der Waals surface area contributed by atoms with Crippen LogP contribution in [0.15, 0.2) is 29.2 Å². The zero-order valence-electron chi connectivity index (χ0n) is 12.0. The van der Waals surface area contributed by atoms with E-state index in [1.807, 2.05) is 0 Å². The third-order valence-electron chi connectivity index (χ3n) is 2.28. The Morgan fingerprint density at radius 2 is 1.62 bits per heavy atom. The number of hydrogen-bond donors (Lipinski definition) is 0. The van der Waals surface area contributed by atoms with Crippen LogP contribution in [0.2, 0.25) is 0 Å². The highest BCUT2D eigenvalue weighted by Gasteiger charge is 2.50. The molecule has 0 aliphatic carbocycles. The summed E-state index contributed by atoms with van der Waals surface area (Å²) in [5, 5.41) is 0. The minimum Gasteiger partial charge on any atom is -0.490 e. The molecule has 1 aromatic rings. The number of alkyl halides is 3. The maximum atomic E-state index is 12.5. The lowest BCUT2D eigenvalue weighted by atomic mass is 10.3. The van der Waals surface area contributed by atoms with Gasteiger partial charge in [0.2, 0.25) is 0 Å². The summed E-state index contributed by atoms with van der Waals surface area (Å²) in [6, 6.07) is 6.29. The summed E-state index contributed by atoms with van der Waals surface area (Å²) >= 11 is 0. The number of ether oxygens (including phenoxy) is 1. The molecule has 1 aromatic carbocycles. The molecule has 0 saturated heterocycles. The van der Waals surface area contributed by atoms with Gasteiger partial charge in [0.1, 0.15) is 5.75 Å². The van der Waals surface area contributed by atoms with Crippen molar-refractivity contribution >= 4 is 20.4 Å². The molecule has 4 nitrogen and oxygen atoms in total. The Labute approximate surface area is 123 Å². The monoisotopic (exact) mass is 346 g/mol. The second-order valence-corrected chi connectivity index (χ2v) is 9.64. The number of para-hydroxylation sites is 1. The molecule has 9 heteroatoms. The quantitative estimate of drug-likeness (QED) is 0.763. The van der Waals surface area contributed by atoms with Crippen molar-refractivity contribution in [2.75, 3.05) is 12.5 Å². The predicted molar refractivity (Wildman–Crippen MR) is 76.0 cm³/mol. The maximum absolute atomic E-state index is 12.5. The smallest absolute Gasteiger partial charge is 0.490 e. The molecule has 0 aliphatic heterocycles. The Bertz CT molecular complexity index is 595. The predicted octanol–water partition coefficient (Wildman–Crippen LogP) is 3.68. The van der Waals surface area contributed by atoms with Gasteiger partial charge in [-0.25, -0.2) is 3.63 Å². The van der Waals surface area contributed by atoms with Crippen LogP contribution in [0, 0.1) is 0 Å². The van der Waals surface area contributed by atoms with Crippen molar-refractivity contribution in [3.63, 3.8) is 0 Å². The van der Waals surface area contributed by atoms with Gasteiger partial charge in [0, 0.05) is 0 Å². The van der Waals surface area contributed by atoms with E-state index in [0.717, 1.165) is 0 Å². The van der Waals surface area contributed by atoms with Crippen molar-refractivity contribution in [3.05, 3.63) is 24.3 Å². The summed E-state index contributed by atoms with van der Waals surface area (Å²) in [5.74, 6) is 0.310. The third-order valence-corrected chi connectivity index (χ3v) is 6.33. The van der Waals surface area contributed by atoms with E-state index in [0.29, 0.717) is 10.6 Å². The largest absolute Gasteiger partial charge is 0.523 e. The molecule has 0 saturated carbocycles. The van der Waals surface area contributed by atoms with Gasteiger partial charge < -0.3 is 4.74 Å². The molecule has 0 bridgehead atoms. The molecule has 1 rings (SSSR count). The van der Waals surface area contributed by atoms with Crippen molar-refractivity contribution in [1.82, 2.24) is 0 Å². The van der Waals surface area contributed by atoms with E-state index < -0.39 is 25.9 Å². The van der Waals surface area contributed by atoms with Crippen LogP contribution in [0.4, 0.5) is 13.2 Å². The van der Waals surface area contributed by atoms with Crippen molar-refractivity contribution < 1.29 is 30.0 Å². The van der Waals surface area contributed by atoms with Crippen LogP contribution in [0.3, 0.4) is 0 Å². The second kappa shape index (κ2) is 6.05. The lowest BCUT2D eigenvalue weighted by Gasteiger charge is -2.32. The first-order valence-corrected chi connectivity index (χ1v) is 9.66. The van der Waals surface area contributed by atoms with Crippen LogP contribution >= 0.6 is 10.3 Å². The Hall–Kier alpha value is -0.930. The maximum Gasteiger partial charge on any atom is 0.523 e. The van der Waals surface area contributed by atoms with Crippen molar-refractivity contribution in [1.29, 1.82) is 0 Å².